The molecule has 2 aromatic carbocycles. The lowest BCUT2D eigenvalue weighted by molar-refractivity contribution is -0.459. The van der Waals surface area contributed by atoms with E-state index in [1.54, 1.807) is 14.2 Å². The van der Waals surface area contributed by atoms with Gasteiger partial charge in [0.1, 0.15) is 36.1 Å². The summed E-state index contributed by atoms with van der Waals surface area (Å²) in [6.45, 7) is 2.49. The molecule has 7 atom stereocenters. The maximum atomic E-state index is 12.6. The molecule has 0 heterocycles. The number of hydrogen-bond acceptors (Lipinski definition) is 16. The topological polar surface area (TPSA) is 229 Å². The van der Waals surface area contributed by atoms with Crippen LogP contribution in [0, 0.1) is 0 Å². The number of ether oxygens (including phenoxy) is 8. The first-order chi connectivity index (χ1) is 25.0. The molecule has 290 valence electrons. The number of carbonyl (C=O) groups is 2. The Balaban J connectivity index is 1.35. The number of benzene rings is 2. The van der Waals surface area contributed by atoms with Crippen molar-refractivity contribution in [2.75, 3.05) is 100 Å². The van der Waals surface area contributed by atoms with Crippen LogP contribution in [0.15, 0.2) is 48.5 Å². The van der Waals surface area contributed by atoms with Crippen LogP contribution in [0.5, 0.6) is 0 Å². The Kier molecular flexibility index (Phi) is 15.5. The smallest absolute Gasteiger partial charge is 0.338 e. The molecule has 3 unspecified atom stereocenters. The Bertz CT molecular complexity index is 1400. The maximum Gasteiger partial charge on any atom is 0.338 e. The minimum atomic E-state index is -2.54. The van der Waals surface area contributed by atoms with Crippen molar-refractivity contribution < 1.29 is 78.1 Å². The van der Waals surface area contributed by atoms with E-state index in [2.05, 4.69) is 0 Å². The predicted molar refractivity (Wildman–Crippen MR) is 180 cm³/mol. The number of esters is 2. The summed E-state index contributed by atoms with van der Waals surface area (Å²) in [5.41, 5.74) is -6.70. The van der Waals surface area contributed by atoms with Gasteiger partial charge in [-0.3, -0.25) is 0 Å². The first-order valence-corrected chi connectivity index (χ1v) is 17.0. The molecule has 16 nitrogen and oxygen atoms in total. The fourth-order valence-corrected chi connectivity index (χ4v) is 6.94. The molecule has 2 aromatic rings. The van der Waals surface area contributed by atoms with E-state index in [4.69, 9.17) is 37.9 Å². The quantitative estimate of drug-likeness (QED) is 0.0570. The molecule has 2 aliphatic carbocycles. The molecule has 0 amide bonds. The van der Waals surface area contributed by atoms with Gasteiger partial charge >= 0.3 is 11.9 Å². The molecular weight excluding hydrogens is 688 g/mol. The van der Waals surface area contributed by atoms with Crippen LogP contribution in [0.4, 0.5) is 0 Å². The molecule has 2 fully saturated rings. The van der Waals surface area contributed by atoms with Crippen LogP contribution in [-0.4, -0.2) is 172 Å². The second-order valence-electron chi connectivity index (χ2n) is 12.4. The van der Waals surface area contributed by atoms with Gasteiger partial charge < -0.3 is 68.5 Å². The number of aliphatic hydroxyl groups excluding tert-OH is 3. The van der Waals surface area contributed by atoms with Crippen molar-refractivity contribution in [3.8, 4) is 0 Å². The Labute approximate surface area is 301 Å². The highest BCUT2D eigenvalue weighted by Crippen LogP contribution is 2.75. The van der Waals surface area contributed by atoms with Gasteiger partial charge in [0.25, 0.3) is 0 Å². The van der Waals surface area contributed by atoms with Crippen molar-refractivity contribution in [3.05, 3.63) is 70.8 Å². The standard InChI is InChI=1S/C36H50O16/c1-45-11-13-47-15-17-49-19-21-51-32(40)26-7-3-24(4-8-26)29-31(39)35(43)30(34(42,28(38)23-37)36(29,35)44)25-5-9-27(10-6-25)33(41)52-22-20-50-18-16-48-14-12-46-2/h3-10,28-31,37-39,42-44H,11-23H2,1-2H3/t28-,29?,30?,31?,34+,35+,36+/m1/s1. The highest BCUT2D eigenvalue weighted by Gasteiger charge is 2.93. The van der Waals surface area contributed by atoms with Gasteiger partial charge in [-0.15, -0.1) is 0 Å². The minimum absolute atomic E-state index is 0.0100. The summed E-state index contributed by atoms with van der Waals surface area (Å²) in [4.78, 5) is 25.1. The summed E-state index contributed by atoms with van der Waals surface area (Å²) in [7, 11) is 3.15. The predicted octanol–water partition coefficient (Wildman–Crippen LogP) is -0.839. The van der Waals surface area contributed by atoms with Gasteiger partial charge in [0, 0.05) is 20.1 Å². The van der Waals surface area contributed by atoms with E-state index in [0.717, 1.165) is 0 Å². The number of methoxy groups -OCH3 is 2. The number of carbonyl (C=O) groups excluding carboxylic acids is 2. The van der Waals surface area contributed by atoms with Crippen LogP contribution in [0.2, 0.25) is 0 Å². The summed E-state index contributed by atoms with van der Waals surface area (Å²) >= 11 is 0. The fourth-order valence-electron chi connectivity index (χ4n) is 6.94. The van der Waals surface area contributed by atoms with Crippen LogP contribution in [0.25, 0.3) is 0 Å². The molecule has 0 aromatic heterocycles. The molecule has 0 spiro atoms. The molecular formula is C36H50O16. The monoisotopic (exact) mass is 738 g/mol. The van der Waals surface area contributed by atoms with E-state index in [0.29, 0.717) is 52.9 Å². The molecule has 6 N–H and O–H groups in total. The third kappa shape index (κ3) is 8.33. The van der Waals surface area contributed by atoms with Crippen molar-refractivity contribution in [3.63, 3.8) is 0 Å². The zero-order chi connectivity index (χ0) is 37.8. The van der Waals surface area contributed by atoms with Gasteiger partial charge in [0.15, 0.2) is 0 Å². The van der Waals surface area contributed by atoms with E-state index < -0.39 is 59.4 Å². The van der Waals surface area contributed by atoms with Gasteiger partial charge in [0.2, 0.25) is 0 Å². The van der Waals surface area contributed by atoms with Gasteiger partial charge in [0.05, 0.1) is 95.8 Å². The highest BCUT2D eigenvalue weighted by atomic mass is 16.6. The van der Waals surface area contributed by atoms with E-state index >= 15 is 0 Å². The van der Waals surface area contributed by atoms with Gasteiger partial charge in [-0.2, -0.15) is 0 Å². The molecule has 0 radical (unpaired) electrons. The lowest BCUT2D eigenvalue weighted by Gasteiger charge is -2.80. The molecule has 0 saturated heterocycles. The number of fused-ring (bicyclic) bond motifs is 1. The maximum absolute atomic E-state index is 12.6. The number of hydrogen-bond donors (Lipinski definition) is 6. The summed E-state index contributed by atoms with van der Waals surface area (Å²) in [5, 5.41) is 67.5. The normalized spacial score (nSPS) is 26.9. The summed E-state index contributed by atoms with van der Waals surface area (Å²) in [5.74, 6) is -4.11. The fraction of sp³-hybridized carbons (Fsp3) is 0.611. The highest BCUT2D eigenvalue weighted by molar-refractivity contribution is 5.90. The zero-order valence-corrected chi connectivity index (χ0v) is 29.4. The van der Waals surface area contributed by atoms with E-state index in [1.165, 1.54) is 48.5 Å². The van der Waals surface area contributed by atoms with E-state index in [9.17, 15) is 40.2 Å². The molecule has 52 heavy (non-hydrogen) atoms. The summed E-state index contributed by atoms with van der Waals surface area (Å²) in [6, 6.07) is 11.2. The minimum Gasteiger partial charge on any atom is -0.460 e. The van der Waals surface area contributed by atoms with Crippen molar-refractivity contribution in [2.24, 2.45) is 0 Å². The molecule has 0 bridgehead atoms. The zero-order valence-electron chi connectivity index (χ0n) is 29.4. The lowest BCUT2D eigenvalue weighted by Crippen LogP contribution is -2.99. The average molecular weight is 739 g/mol. The summed E-state index contributed by atoms with van der Waals surface area (Å²) in [6.07, 6.45) is -3.58. The molecule has 2 aliphatic rings. The van der Waals surface area contributed by atoms with Crippen LogP contribution >= 0.6 is 0 Å². The van der Waals surface area contributed by atoms with Gasteiger partial charge in [-0.1, -0.05) is 24.3 Å². The van der Waals surface area contributed by atoms with Crippen LogP contribution in [0.3, 0.4) is 0 Å². The van der Waals surface area contributed by atoms with Gasteiger partial charge in [-0.05, 0) is 35.4 Å². The van der Waals surface area contributed by atoms with Crippen molar-refractivity contribution >= 4 is 11.9 Å². The Morgan fingerprint density at radius 2 is 1.02 bits per heavy atom. The lowest BCUT2D eigenvalue weighted by atomic mass is 9.30. The van der Waals surface area contributed by atoms with Crippen molar-refractivity contribution in [1.82, 2.24) is 0 Å². The average Bonchev–Trinajstić information content (AvgIpc) is 3.16. The third-order valence-corrected chi connectivity index (χ3v) is 9.51. The first kappa shape index (κ1) is 41.7. The van der Waals surface area contributed by atoms with Crippen LogP contribution in [-0.2, 0) is 37.9 Å². The number of aliphatic hydroxyl groups is 6. The second-order valence-corrected chi connectivity index (χ2v) is 12.4. The SMILES string of the molecule is COCCOCCOCCOC(=O)c1ccc(C2C(O)[C@@]3(O)C(c4ccc(C(=O)OCCOCCOCCOC)cc4)[C@@](O)([C@H](O)CO)[C@@]23O)cc1. The Morgan fingerprint density at radius 1 is 0.635 bits per heavy atom. The molecule has 2 saturated carbocycles. The Morgan fingerprint density at radius 3 is 1.42 bits per heavy atom. The van der Waals surface area contributed by atoms with E-state index in [1.807, 2.05) is 0 Å². The molecule has 16 heteroatoms. The second kappa shape index (κ2) is 19.3. The number of rotatable bonds is 24. The van der Waals surface area contributed by atoms with E-state index in [-0.39, 0.29) is 48.7 Å². The third-order valence-electron chi connectivity index (χ3n) is 9.51. The Hall–Kier alpha value is -3.10. The van der Waals surface area contributed by atoms with Crippen molar-refractivity contribution in [2.45, 2.75) is 40.8 Å². The van der Waals surface area contributed by atoms with Gasteiger partial charge in [-0.25, -0.2) is 9.59 Å². The van der Waals surface area contributed by atoms with Crippen molar-refractivity contribution in [1.29, 1.82) is 0 Å². The first-order valence-electron chi connectivity index (χ1n) is 17.0. The molecule has 4 rings (SSSR count). The van der Waals surface area contributed by atoms with Crippen LogP contribution in [0.1, 0.15) is 43.7 Å². The largest absolute Gasteiger partial charge is 0.460 e. The van der Waals surface area contributed by atoms with Crippen LogP contribution < -0.4 is 0 Å². The molecule has 0 aliphatic heterocycles. The summed E-state index contributed by atoms with van der Waals surface area (Å²) < 4.78 is 41.5.